The van der Waals surface area contributed by atoms with Crippen molar-refractivity contribution in [1.82, 2.24) is 15.3 Å². The molecule has 1 heterocycles. The third-order valence-corrected chi connectivity index (χ3v) is 2.78. The molecule has 0 aliphatic heterocycles. The molecule has 0 bridgehead atoms. The molecule has 104 valence electrons. The molecule has 0 saturated carbocycles. The van der Waals surface area contributed by atoms with Gasteiger partial charge in [0.05, 0.1) is 18.9 Å². The van der Waals surface area contributed by atoms with Crippen molar-refractivity contribution in [3.05, 3.63) is 53.1 Å². The van der Waals surface area contributed by atoms with Gasteiger partial charge in [0.15, 0.2) is 0 Å². The Kier molecular flexibility index (Phi) is 4.14. The van der Waals surface area contributed by atoms with Crippen molar-refractivity contribution in [3.8, 4) is 0 Å². The topological polar surface area (TPSA) is 84.1 Å². The van der Waals surface area contributed by atoms with Crippen LogP contribution >= 0.6 is 0 Å². The van der Waals surface area contributed by atoms with Crippen molar-refractivity contribution < 1.29 is 14.3 Å². The first-order chi connectivity index (χ1) is 9.60. The molecule has 1 aromatic heterocycles. The molecule has 2 aromatic rings. The van der Waals surface area contributed by atoms with Crippen LogP contribution in [0.15, 0.2) is 30.5 Å². The van der Waals surface area contributed by atoms with E-state index in [-0.39, 0.29) is 11.9 Å². The Morgan fingerprint density at radius 3 is 2.55 bits per heavy atom. The maximum atomic E-state index is 11.8. The van der Waals surface area contributed by atoms with Gasteiger partial charge in [-0.25, -0.2) is 9.78 Å². The number of hydrogen-bond donors (Lipinski definition) is 2. The number of nitrogens with one attached hydrogen (secondary N) is 2. The van der Waals surface area contributed by atoms with E-state index in [0.29, 0.717) is 23.6 Å². The fourth-order valence-electron chi connectivity index (χ4n) is 1.69. The molecule has 6 heteroatoms. The number of nitrogens with zero attached hydrogens (tertiary/aromatic N) is 1. The van der Waals surface area contributed by atoms with Crippen LogP contribution in [0.25, 0.3) is 0 Å². The zero-order chi connectivity index (χ0) is 14.5. The van der Waals surface area contributed by atoms with Crippen LogP contribution in [0.1, 0.15) is 32.2 Å². The summed E-state index contributed by atoms with van der Waals surface area (Å²) >= 11 is 0. The zero-order valence-corrected chi connectivity index (χ0v) is 11.3. The van der Waals surface area contributed by atoms with Crippen LogP contribution < -0.4 is 5.32 Å². The van der Waals surface area contributed by atoms with Gasteiger partial charge >= 0.3 is 5.97 Å². The number of methoxy groups -OCH3 is 1. The predicted octanol–water partition coefficient (Wildman–Crippen LogP) is 1.43. The third-order valence-electron chi connectivity index (χ3n) is 2.78. The molecule has 2 N–H and O–H groups in total. The summed E-state index contributed by atoms with van der Waals surface area (Å²) in [6.45, 7) is 2.15. The molecule has 0 spiro atoms. The Morgan fingerprint density at radius 2 is 2.00 bits per heavy atom. The number of imidazole rings is 1. The summed E-state index contributed by atoms with van der Waals surface area (Å²) < 4.78 is 4.61. The van der Waals surface area contributed by atoms with E-state index in [9.17, 15) is 9.59 Å². The number of carbonyl (C=O) groups is 2. The summed E-state index contributed by atoms with van der Waals surface area (Å²) in [5, 5.41) is 2.76. The van der Waals surface area contributed by atoms with Crippen molar-refractivity contribution in [3.63, 3.8) is 0 Å². The Bertz CT molecular complexity index is 617. The number of amides is 1. The molecule has 0 radical (unpaired) electrons. The predicted molar refractivity (Wildman–Crippen MR) is 72.3 cm³/mol. The van der Waals surface area contributed by atoms with Crippen LogP contribution in [-0.4, -0.2) is 29.0 Å². The van der Waals surface area contributed by atoms with Crippen LogP contribution in [0.3, 0.4) is 0 Å². The molecule has 1 amide bonds. The summed E-state index contributed by atoms with van der Waals surface area (Å²) in [5.74, 6) is 0.0914. The van der Waals surface area contributed by atoms with Crippen molar-refractivity contribution >= 4 is 11.9 Å². The number of aryl methyl sites for hydroxylation is 1. The second-order valence-corrected chi connectivity index (χ2v) is 4.25. The van der Waals surface area contributed by atoms with Gasteiger partial charge in [0.1, 0.15) is 11.5 Å². The first kappa shape index (κ1) is 13.8. The highest BCUT2D eigenvalue weighted by atomic mass is 16.5. The fraction of sp³-hybridized carbons (Fsp3) is 0.214. The SMILES string of the molecule is COC(=O)c1ccc(CNC(=O)c2cnc(C)[nH]2)cc1. The lowest BCUT2D eigenvalue weighted by Crippen LogP contribution is -2.23. The van der Waals surface area contributed by atoms with E-state index in [2.05, 4.69) is 20.0 Å². The number of esters is 1. The lowest BCUT2D eigenvalue weighted by atomic mass is 10.1. The molecule has 0 aliphatic rings. The first-order valence-corrected chi connectivity index (χ1v) is 6.07. The van der Waals surface area contributed by atoms with E-state index >= 15 is 0 Å². The van der Waals surface area contributed by atoms with E-state index < -0.39 is 0 Å². The number of ether oxygens (including phenoxy) is 1. The molecular formula is C14H15N3O3. The molecule has 0 unspecified atom stereocenters. The molecule has 20 heavy (non-hydrogen) atoms. The number of aromatic nitrogens is 2. The smallest absolute Gasteiger partial charge is 0.337 e. The summed E-state index contributed by atoms with van der Waals surface area (Å²) in [6.07, 6.45) is 1.49. The standard InChI is InChI=1S/C14H15N3O3/c1-9-15-8-12(17-9)13(18)16-7-10-3-5-11(6-4-10)14(19)20-2/h3-6,8H,7H2,1-2H3,(H,15,17)(H,16,18). The monoisotopic (exact) mass is 273 g/mol. The Balaban J connectivity index is 1.94. The second kappa shape index (κ2) is 6.01. The normalized spacial score (nSPS) is 10.1. The molecule has 6 nitrogen and oxygen atoms in total. The maximum Gasteiger partial charge on any atom is 0.337 e. The summed E-state index contributed by atoms with van der Waals surface area (Å²) in [7, 11) is 1.34. The van der Waals surface area contributed by atoms with Gasteiger partial charge in [-0.15, -0.1) is 0 Å². The van der Waals surface area contributed by atoms with E-state index in [1.807, 2.05) is 0 Å². The average Bonchev–Trinajstić information content (AvgIpc) is 2.91. The van der Waals surface area contributed by atoms with Crippen molar-refractivity contribution in [2.45, 2.75) is 13.5 Å². The molecule has 0 fully saturated rings. The van der Waals surface area contributed by atoms with Gasteiger partial charge in [0.25, 0.3) is 5.91 Å². The Hall–Kier alpha value is -2.63. The van der Waals surface area contributed by atoms with Gasteiger partial charge in [0, 0.05) is 6.54 Å². The van der Waals surface area contributed by atoms with E-state index in [1.165, 1.54) is 13.3 Å². The van der Waals surface area contributed by atoms with Gasteiger partial charge in [-0.2, -0.15) is 0 Å². The third kappa shape index (κ3) is 3.23. The molecular weight excluding hydrogens is 258 g/mol. The minimum absolute atomic E-state index is 0.220. The highest BCUT2D eigenvalue weighted by Gasteiger charge is 2.08. The first-order valence-electron chi connectivity index (χ1n) is 6.07. The number of benzene rings is 1. The van der Waals surface area contributed by atoms with E-state index in [0.717, 1.165) is 5.56 Å². The average molecular weight is 273 g/mol. The molecule has 1 aromatic carbocycles. The highest BCUT2D eigenvalue weighted by molar-refractivity contribution is 5.92. The number of carbonyl (C=O) groups excluding carboxylic acids is 2. The highest BCUT2D eigenvalue weighted by Crippen LogP contribution is 2.06. The van der Waals surface area contributed by atoms with Crippen molar-refractivity contribution in [2.75, 3.05) is 7.11 Å². The fourth-order valence-corrected chi connectivity index (χ4v) is 1.69. The van der Waals surface area contributed by atoms with Crippen LogP contribution in [0.4, 0.5) is 0 Å². The molecule has 0 aliphatic carbocycles. The number of hydrogen-bond acceptors (Lipinski definition) is 4. The minimum atomic E-state index is -0.381. The van der Waals surface area contributed by atoms with Crippen LogP contribution in [-0.2, 0) is 11.3 Å². The maximum absolute atomic E-state index is 11.8. The molecule has 0 atom stereocenters. The van der Waals surface area contributed by atoms with E-state index in [4.69, 9.17) is 0 Å². The summed E-state index contributed by atoms with van der Waals surface area (Å²) in [5.41, 5.74) is 1.79. The van der Waals surface area contributed by atoms with Gasteiger partial charge < -0.3 is 15.0 Å². The van der Waals surface area contributed by atoms with Gasteiger partial charge in [-0.3, -0.25) is 4.79 Å². The Labute approximate surface area is 116 Å². The van der Waals surface area contributed by atoms with Crippen molar-refractivity contribution in [1.29, 1.82) is 0 Å². The van der Waals surface area contributed by atoms with E-state index in [1.54, 1.807) is 31.2 Å². The van der Waals surface area contributed by atoms with Crippen LogP contribution in [0.2, 0.25) is 0 Å². The van der Waals surface area contributed by atoms with Crippen LogP contribution in [0.5, 0.6) is 0 Å². The van der Waals surface area contributed by atoms with Gasteiger partial charge in [-0.1, -0.05) is 12.1 Å². The quantitative estimate of drug-likeness (QED) is 0.825. The van der Waals surface area contributed by atoms with Gasteiger partial charge in [-0.05, 0) is 24.6 Å². The number of H-pyrrole nitrogens is 1. The largest absolute Gasteiger partial charge is 0.465 e. The minimum Gasteiger partial charge on any atom is -0.465 e. The summed E-state index contributed by atoms with van der Waals surface area (Å²) in [4.78, 5) is 29.9. The van der Waals surface area contributed by atoms with Gasteiger partial charge in [0.2, 0.25) is 0 Å². The zero-order valence-electron chi connectivity index (χ0n) is 11.3. The summed E-state index contributed by atoms with van der Waals surface area (Å²) in [6, 6.07) is 6.86. The lowest BCUT2D eigenvalue weighted by molar-refractivity contribution is 0.0600. The Morgan fingerprint density at radius 1 is 1.30 bits per heavy atom. The molecule has 0 saturated heterocycles. The lowest BCUT2D eigenvalue weighted by Gasteiger charge is -2.05. The number of rotatable bonds is 4. The molecule has 2 rings (SSSR count). The van der Waals surface area contributed by atoms with Crippen molar-refractivity contribution in [2.24, 2.45) is 0 Å². The van der Waals surface area contributed by atoms with Crippen LogP contribution in [0, 0.1) is 6.92 Å². The second-order valence-electron chi connectivity index (χ2n) is 4.25. The number of aromatic amines is 1.